The minimum Gasteiger partial charge on any atom is -0.505 e. The van der Waals surface area contributed by atoms with Crippen LogP contribution in [0.4, 0.5) is 4.39 Å². The van der Waals surface area contributed by atoms with Crippen LogP contribution in [-0.2, 0) is 6.42 Å². The molecule has 6 nitrogen and oxygen atoms in total. The van der Waals surface area contributed by atoms with Crippen LogP contribution in [0.5, 0.6) is 5.75 Å². The number of phenols is 1. The quantitative estimate of drug-likeness (QED) is 0.767. The van der Waals surface area contributed by atoms with Gasteiger partial charge >= 0.3 is 0 Å². The maximum Gasteiger partial charge on any atom is 0.277 e. The zero-order valence-corrected chi connectivity index (χ0v) is 11.6. The summed E-state index contributed by atoms with van der Waals surface area (Å²) in [6.45, 7) is 0.523. The van der Waals surface area contributed by atoms with Gasteiger partial charge in [-0.15, -0.1) is 11.3 Å². The molecular weight excluding hydrogens is 295 g/mol. The summed E-state index contributed by atoms with van der Waals surface area (Å²) in [5, 5.41) is 15.7. The van der Waals surface area contributed by atoms with Gasteiger partial charge in [-0.05, 0) is 24.7 Å². The first-order valence-corrected chi connectivity index (χ1v) is 7.03. The lowest BCUT2D eigenvalue weighted by Gasteiger charge is -1.96. The van der Waals surface area contributed by atoms with Gasteiger partial charge in [0.1, 0.15) is 5.69 Å². The molecule has 0 fully saturated rings. The van der Waals surface area contributed by atoms with Crippen molar-refractivity contribution in [1.82, 2.24) is 15.1 Å². The Morgan fingerprint density at radius 3 is 2.95 bits per heavy atom. The number of aromatic hydroxyl groups is 1. The minimum atomic E-state index is -0.738. The molecule has 0 unspecified atom stereocenters. The smallest absolute Gasteiger partial charge is 0.277 e. The average Bonchev–Trinajstić information content (AvgIpc) is 3.11. The van der Waals surface area contributed by atoms with E-state index in [4.69, 9.17) is 15.4 Å². The first-order valence-electron chi connectivity index (χ1n) is 6.15. The van der Waals surface area contributed by atoms with E-state index in [1.165, 1.54) is 23.5 Å². The molecule has 3 aromatic rings. The number of hydrogen-bond donors (Lipinski definition) is 2. The van der Waals surface area contributed by atoms with Crippen molar-refractivity contribution < 1.29 is 14.0 Å². The van der Waals surface area contributed by atoms with Gasteiger partial charge < -0.3 is 15.4 Å². The number of rotatable bonds is 4. The predicted octanol–water partition coefficient (Wildman–Crippen LogP) is 2.21. The van der Waals surface area contributed by atoms with Gasteiger partial charge in [0.25, 0.3) is 5.89 Å². The fourth-order valence-electron chi connectivity index (χ4n) is 1.74. The van der Waals surface area contributed by atoms with Crippen LogP contribution >= 0.6 is 11.3 Å². The van der Waals surface area contributed by atoms with Crippen molar-refractivity contribution in [3.05, 3.63) is 34.4 Å². The molecule has 2 aromatic heterocycles. The lowest BCUT2D eigenvalue weighted by Crippen LogP contribution is -2.01. The van der Waals surface area contributed by atoms with Gasteiger partial charge in [-0.2, -0.15) is 4.98 Å². The van der Waals surface area contributed by atoms with Gasteiger partial charge in [-0.25, -0.2) is 9.37 Å². The summed E-state index contributed by atoms with van der Waals surface area (Å²) in [4.78, 5) is 8.52. The summed E-state index contributed by atoms with van der Waals surface area (Å²) < 4.78 is 18.5. The van der Waals surface area contributed by atoms with Gasteiger partial charge in [0.2, 0.25) is 5.82 Å². The predicted molar refractivity (Wildman–Crippen MR) is 75.2 cm³/mol. The number of benzene rings is 1. The van der Waals surface area contributed by atoms with Gasteiger partial charge in [-0.1, -0.05) is 5.16 Å². The monoisotopic (exact) mass is 306 g/mol. The van der Waals surface area contributed by atoms with Gasteiger partial charge in [0.15, 0.2) is 11.6 Å². The Bertz CT molecular complexity index is 771. The third kappa shape index (κ3) is 2.76. The van der Waals surface area contributed by atoms with E-state index in [0.717, 1.165) is 11.1 Å². The van der Waals surface area contributed by atoms with Crippen LogP contribution in [0.3, 0.4) is 0 Å². The number of nitrogens with zero attached hydrogens (tertiary/aromatic N) is 3. The van der Waals surface area contributed by atoms with Gasteiger partial charge in [0.05, 0.1) is 5.01 Å². The highest BCUT2D eigenvalue weighted by Crippen LogP contribution is 2.26. The second-order valence-electron chi connectivity index (χ2n) is 4.25. The number of hydrogen-bond acceptors (Lipinski definition) is 7. The first kappa shape index (κ1) is 13.7. The van der Waals surface area contributed by atoms with Crippen molar-refractivity contribution in [2.75, 3.05) is 6.54 Å². The number of thiazole rings is 1. The average molecular weight is 306 g/mol. The highest BCUT2D eigenvalue weighted by molar-refractivity contribution is 7.09. The highest BCUT2D eigenvalue weighted by Gasteiger charge is 2.14. The second kappa shape index (κ2) is 5.58. The fraction of sp³-hybridized carbons (Fsp3) is 0.154. The molecule has 21 heavy (non-hydrogen) atoms. The molecule has 0 radical (unpaired) electrons. The van der Waals surface area contributed by atoms with Crippen LogP contribution < -0.4 is 5.73 Å². The molecule has 0 saturated carbocycles. The van der Waals surface area contributed by atoms with Crippen molar-refractivity contribution in [2.24, 2.45) is 5.73 Å². The molecule has 0 saturated heterocycles. The van der Waals surface area contributed by atoms with E-state index in [9.17, 15) is 4.39 Å². The molecule has 3 N–H and O–H groups in total. The molecule has 108 valence electrons. The van der Waals surface area contributed by atoms with Crippen LogP contribution in [0.15, 0.2) is 28.1 Å². The molecule has 0 atom stereocenters. The Labute approximate surface area is 123 Å². The van der Waals surface area contributed by atoms with Crippen molar-refractivity contribution in [2.45, 2.75) is 6.42 Å². The Morgan fingerprint density at radius 1 is 1.33 bits per heavy atom. The highest BCUT2D eigenvalue weighted by atomic mass is 32.1. The summed E-state index contributed by atoms with van der Waals surface area (Å²) in [5.74, 6) is -0.665. The van der Waals surface area contributed by atoms with E-state index in [-0.39, 0.29) is 11.7 Å². The minimum absolute atomic E-state index is 0.234. The maximum atomic E-state index is 13.3. The van der Waals surface area contributed by atoms with E-state index in [2.05, 4.69) is 15.1 Å². The Hall–Kier alpha value is -2.32. The normalized spacial score (nSPS) is 11.0. The molecule has 0 aliphatic carbocycles. The summed E-state index contributed by atoms with van der Waals surface area (Å²) in [6, 6.07) is 3.89. The van der Waals surface area contributed by atoms with Crippen LogP contribution in [0.1, 0.15) is 5.01 Å². The molecule has 0 aliphatic heterocycles. The molecule has 0 bridgehead atoms. The summed E-state index contributed by atoms with van der Waals surface area (Å²) in [5.41, 5.74) is 6.46. The van der Waals surface area contributed by atoms with Gasteiger partial charge in [-0.3, -0.25) is 0 Å². The van der Waals surface area contributed by atoms with Crippen molar-refractivity contribution in [1.29, 1.82) is 0 Å². The lowest BCUT2D eigenvalue weighted by molar-refractivity contribution is 0.429. The van der Waals surface area contributed by atoms with Crippen LogP contribution in [0.2, 0.25) is 0 Å². The molecule has 0 amide bonds. The van der Waals surface area contributed by atoms with E-state index < -0.39 is 11.6 Å². The largest absolute Gasteiger partial charge is 0.505 e. The first-order chi connectivity index (χ1) is 10.2. The second-order valence-corrected chi connectivity index (χ2v) is 5.20. The maximum absolute atomic E-state index is 13.3. The van der Waals surface area contributed by atoms with Crippen LogP contribution in [0, 0.1) is 5.82 Å². The summed E-state index contributed by atoms with van der Waals surface area (Å²) in [7, 11) is 0. The fourth-order valence-corrected chi connectivity index (χ4v) is 2.53. The Morgan fingerprint density at radius 2 is 2.19 bits per heavy atom. The Kier molecular flexibility index (Phi) is 3.63. The van der Waals surface area contributed by atoms with E-state index in [1.54, 1.807) is 5.38 Å². The molecule has 0 spiro atoms. The van der Waals surface area contributed by atoms with Gasteiger partial charge in [0, 0.05) is 17.4 Å². The molecule has 8 heteroatoms. The third-order valence-electron chi connectivity index (χ3n) is 2.76. The number of nitrogens with two attached hydrogens (primary N) is 1. The molecular formula is C13H11FN4O2S. The Balaban J connectivity index is 1.89. The van der Waals surface area contributed by atoms with Crippen molar-refractivity contribution in [3.8, 4) is 28.7 Å². The van der Waals surface area contributed by atoms with Crippen molar-refractivity contribution >= 4 is 11.3 Å². The van der Waals surface area contributed by atoms with Crippen LogP contribution in [0.25, 0.3) is 23.0 Å². The summed E-state index contributed by atoms with van der Waals surface area (Å²) >= 11 is 1.47. The SMILES string of the molecule is NCCc1nc(-c2nc(-c3ccc(O)c(F)c3)no2)cs1. The lowest BCUT2D eigenvalue weighted by atomic mass is 10.2. The standard InChI is InChI=1S/C13H11FN4O2S/c14-8-5-7(1-2-10(8)19)12-17-13(20-18-12)9-6-21-11(16-9)3-4-15/h1-2,5-6,19H,3-4,15H2. The van der Waals surface area contributed by atoms with E-state index in [0.29, 0.717) is 24.2 Å². The topological polar surface area (TPSA) is 98.1 Å². The number of halogens is 1. The van der Waals surface area contributed by atoms with E-state index in [1.807, 2.05) is 0 Å². The summed E-state index contributed by atoms with van der Waals surface area (Å²) in [6.07, 6.45) is 0.689. The zero-order chi connectivity index (χ0) is 14.8. The van der Waals surface area contributed by atoms with Crippen LogP contribution in [-0.4, -0.2) is 26.8 Å². The van der Waals surface area contributed by atoms with Crippen molar-refractivity contribution in [3.63, 3.8) is 0 Å². The zero-order valence-electron chi connectivity index (χ0n) is 10.8. The molecule has 0 aliphatic rings. The number of phenolic OH excluding ortho intramolecular Hbond substituents is 1. The third-order valence-corrected chi connectivity index (χ3v) is 3.67. The number of aromatic nitrogens is 3. The molecule has 3 rings (SSSR count). The molecule has 1 aromatic carbocycles. The van der Waals surface area contributed by atoms with E-state index >= 15 is 0 Å². The molecule has 2 heterocycles.